The molecule has 0 aliphatic carbocycles. The van der Waals surface area contributed by atoms with Gasteiger partial charge in [0, 0.05) is 19.4 Å². The van der Waals surface area contributed by atoms with Gasteiger partial charge in [-0.3, -0.25) is 19.2 Å². The fourth-order valence-corrected chi connectivity index (χ4v) is 4.98. The molecule has 168 valence electrons. The lowest BCUT2D eigenvalue weighted by molar-refractivity contribution is -0.226. The molecule has 3 aliphatic heterocycles. The molecule has 5 rings (SSSR count). The molecule has 0 unspecified atom stereocenters. The highest BCUT2D eigenvalue weighted by Gasteiger charge is 2.72. The molecule has 2 aromatic carbocycles. The van der Waals surface area contributed by atoms with E-state index >= 15 is 0 Å². The molecule has 2 bridgehead atoms. The number of hydrogen-bond acceptors (Lipinski definition) is 7. The number of hydrogen-bond donors (Lipinski definition) is 0. The van der Waals surface area contributed by atoms with Gasteiger partial charge in [-0.1, -0.05) is 54.6 Å². The number of fused-ring (bicyclic) bond motifs is 5. The predicted octanol–water partition coefficient (Wildman–Crippen LogP) is 2.62. The molecule has 8 heteroatoms. The minimum atomic E-state index is -1.57. The van der Waals surface area contributed by atoms with Gasteiger partial charge in [-0.2, -0.15) is 0 Å². The number of ether oxygens (including phenoxy) is 3. The minimum absolute atomic E-state index is 0.408. The molecule has 0 N–H and O–H groups in total. The summed E-state index contributed by atoms with van der Waals surface area (Å²) >= 11 is 0. The summed E-state index contributed by atoms with van der Waals surface area (Å²) in [4.78, 5) is 52.0. The zero-order valence-corrected chi connectivity index (χ0v) is 18.0. The Morgan fingerprint density at radius 3 is 2.24 bits per heavy atom. The first-order chi connectivity index (χ1) is 15.8. The number of anilines is 1. The van der Waals surface area contributed by atoms with E-state index in [4.69, 9.17) is 14.2 Å². The van der Waals surface area contributed by atoms with Gasteiger partial charge in [0.2, 0.25) is 11.8 Å². The summed E-state index contributed by atoms with van der Waals surface area (Å²) in [6, 6.07) is 16.6. The van der Waals surface area contributed by atoms with Crippen LogP contribution in [0.2, 0.25) is 0 Å². The molecule has 4 atom stereocenters. The van der Waals surface area contributed by atoms with Gasteiger partial charge < -0.3 is 14.2 Å². The maximum absolute atomic E-state index is 13.8. The summed E-state index contributed by atoms with van der Waals surface area (Å²) in [5, 5.41) is 0. The standard InChI is InChI=1S/C25H21NO7/c1-14(27)31-24(32-15(2)28)25-13-12-19(33-25)20-21(25)23(30)26(22(20)29)18-11-7-6-10-17(18)16-8-4-3-5-9-16/h3-13,19-21,24H,1-2H3/t19-,20+,21-,25-/m1/s1. The fraction of sp³-hybridized carbons (Fsp3) is 0.280. The smallest absolute Gasteiger partial charge is 0.305 e. The third kappa shape index (κ3) is 3.17. The Bertz CT molecular complexity index is 1170. The number of carbonyl (C=O) groups is 4. The summed E-state index contributed by atoms with van der Waals surface area (Å²) in [6.45, 7) is 2.33. The third-order valence-corrected chi connectivity index (χ3v) is 6.22. The molecule has 0 spiro atoms. The minimum Gasteiger partial charge on any atom is -0.422 e. The first-order valence-electron chi connectivity index (χ1n) is 10.6. The van der Waals surface area contributed by atoms with E-state index in [1.807, 2.05) is 42.5 Å². The van der Waals surface area contributed by atoms with Gasteiger partial charge in [-0.05, 0) is 17.7 Å². The number of benzene rings is 2. The number of esters is 2. The van der Waals surface area contributed by atoms with Crippen molar-refractivity contribution in [3.8, 4) is 11.1 Å². The number of carbonyl (C=O) groups excluding carboxylic acids is 4. The van der Waals surface area contributed by atoms with Crippen LogP contribution >= 0.6 is 0 Å². The van der Waals surface area contributed by atoms with Crippen LogP contribution < -0.4 is 4.90 Å². The highest BCUT2D eigenvalue weighted by molar-refractivity contribution is 6.24. The summed E-state index contributed by atoms with van der Waals surface area (Å²) in [7, 11) is 0. The normalized spacial score (nSPS) is 27.2. The van der Waals surface area contributed by atoms with Crippen molar-refractivity contribution in [2.24, 2.45) is 11.8 Å². The van der Waals surface area contributed by atoms with Crippen LogP contribution in [0.15, 0.2) is 66.7 Å². The maximum Gasteiger partial charge on any atom is 0.305 e. The average Bonchev–Trinajstić information content (AvgIpc) is 3.44. The number of nitrogens with zero attached hydrogens (tertiary/aromatic N) is 1. The monoisotopic (exact) mass is 447 g/mol. The SMILES string of the molecule is CC(=O)OC(OC(C)=O)[C@]12C=C[C@@H](O1)[C@@H]1C(=O)N(c3ccccc3-c3ccccc3)C(=O)[C@@H]12. The first kappa shape index (κ1) is 21.1. The van der Waals surface area contributed by atoms with Crippen LogP contribution in [0.3, 0.4) is 0 Å². The molecule has 8 nitrogen and oxygen atoms in total. The van der Waals surface area contributed by atoms with Crippen molar-refractivity contribution in [3.05, 3.63) is 66.7 Å². The number of imide groups is 1. The Labute approximate surface area is 189 Å². The molecule has 0 aromatic heterocycles. The van der Waals surface area contributed by atoms with Gasteiger partial charge in [0.15, 0.2) is 5.60 Å². The zero-order chi connectivity index (χ0) is 23.3. The Hall–Kier alpha value is -3.78. The van der Waals surface area contributed by atoms with E-state index in [1.165, 1.54) is 18.7 Å². The molecule has 0 saturated carbocycles. The van der Waals surface area contributed by atoms with Gasteiger partial charge in [-0.25, -0.2) is 4.90 Å². The molecule has 2 saturated heterocycles. The van der Waals surface area contributed by atoms with Crippen LogP contribution in [0.5, 0.6) is 0 Å². The van der Waals surface area contributed by atoms with Crippen molar-refractivity contribution in [3.63, 3.8) is 0 Å². The van der Waals surface area contributed by atoms with Gasteiger partial charge in [0.1, 0.15) is 0 Å². The first-order valence-corrected chi connectivity index (χ1v) is 10.6. The van der Waals surface area contributed by atoms with Crippen LogP contribution in [-0.2, 0) is 33.4 Å². The third-order valence-electron chi connectivity index (χ3n) is 6.22. The van der Waals surface area contributed by atoms with E-state index in [-0.39, 0.29) is 0 Å². The summed E-state index contributed by atoms with van der Waals surface area (Å²) < 4.78 is 16.5. The lowest BCUT2D eigenvalue weighted by Crippen LogP contribution is -2.52. The maximum atomic E-state index is 13.8. The van der Waals surface area contributed by atoms with Crippen LogP contribution in [0.4, 0.5) is 5.69 Å². The molecule has 33 heavy (non-hydrogen) atoms. The molecule has 2 amide bonds. The topological polar surface area (TPSA) is 99.2 Å². The van der Waals surface area contributed by atoms with Crippen molar-refractivity contribution >= 4 is 29.4 Å². The van der Waals surface area contributed by atoms with Gasteiger partial charge >= 0.3 is 11.9 Å². The van der Waals surface area contributed by atoms with E-state index in [9.17, 15) is 19.2 Å². The predicted molar refractivity (Wildman–Crippen MR) is 115 cm³/mol. The van der Waals surface area contributed by atoms with Crippen LogP contribution in [-0.4, -0.2) is 41.7 Å². The van der Waals surface area contributed by atoms with Gasteiger partial charge in [-0.15, -0.1) is 0 Å². The fourth-order valence-electron chi connectivity index (χ4n) is 4.98. The molecule has 0 radical (unpaired) electrons. The number of para-hydroxylation sites is 1. The lowest BCUT2D eigenvalue weighted by Gasteiger charge is -2.34. The highest BCUT2D eigenvalue weighted by atomic mass is 16.7. The van der Waals surface area contributed by atoms with Gasteiger partial charge in [0.25, 0.3) is 6.29 Å². The number of amides is 2. The molecular formula is C25H21NO7. The molecule has 3 heterocycles. The largest absolute Gasteiger partial charge is 0.422 e. The summed E-state index contributed by atoms with van der Waals surface area (Å²) in [5.41, 5.74) is 0.469. The van der Waals surface area contributed by atoms with Crippen molar-refractivity contribution < 1.29 is 33.4 Å². The van der Waals surface area contributed by atoms with E-state index in [2.05, 4.69) is 0 Å². The molecule has 3 aliphatic rings. The van der Waals surface area contributed by atoms with E-state index in [0.29, 0.717) is 5.69 Å². The molecular weight excluding hydrogens is 426 g/mol. The van der Waals surface area contributed by atoms with Crippen molar-refractivity contribution in [2.75, 3.05) is 4.90 Å². The van der Waals surface area contributed by atoms with Crippen molar-refractivity contribution in [2.45, 2.75) is 31.8 Å². The quantitative estimate of drug-likeness (QED) is 0.301. The number of rotatable bonds is 5. The van der Waals surface area contributed by atoms with Crippen molar-refractivity contribution in [1.29, 1.82) is 0 Å². The van der Waals surface area contributed by atoms with Crippen molar-refractivity contribution in [1.82, 2.24) is 0 Å². The Balaban J connectivity index is 1.58. The Kier molecular flexibility index (Phi) is 4.90. The van der Waals surface area contributed by atoms with Gasteiger partial charge in [0.05, 0.1) is 23.6 Å². The van der Waals surface area contributed by atoms with E-state index in [1.54, 1.807) is 24.3 Å². The van der Waals surface area contributed by atoms with E-state index < -0.39 is 53.6 Å². The lowest BCUT2D eigenvalue weighted by atomic mass is 9.76. The summed E-state index contributed by atoms with van der Waals surface area (Å²) in [5.74, 6) is -4.14. The van der Waals surface area contributed by atoms with E-state index in [0.717, 1.165) is 11.1 Å². The average molecular weight is 447 g/mol. The van der Waals surface area contributed by atoms with Crippen LogP contribution in [0.1, 0.15) is 13.8 Å². The Morgan fingerprint density at radius 2 is 1.58 bits per heavy atom. The zero-order valence-electron chi connectivity index (χ0n) is 18.0. The second kappa shape index (κ2) is 7.67. The second-order valence-electron chi connectivity index (χ2n) is 8.24. The Morgan fingerprint density at radius 1 is 0.939 bits per heavy atom. The van der Waals surface area contributed by atoms with Crippen LogP contribution in [0.25, 0.3) is 11.1 Å². The second-order valence-corrected chi connectivity index (χ2v) is 8.24. The van der Waals surface area contributed by atoms with Crippen LogP contribution in [0, 0.1) is 11.8 Å². The highest BCUT2D eigenvalue weighted by Crippen LogP contribution is 2.55. The molecule has 2 aromatic rings. The summed E-state index contributed by atoms with van der Waals surface area (Å²) in [6.07, 6.45) is 1.02. The molecule has 2 fully saturated rings.